The van der Waals surface area contributed by atoms with Crippen LogP contribution in [0.3, 0.4) is 0 Å². The molecule has 0 aromatic heterocycles. The molecule has 0 aromatic rings. The Hall–Kier alpha value is -0.150. The van der Waals surface area contributed by atoms with Crippen LogP contribution in [0.4, 0.5) is 0 Å². The zero-order valence-corrected chi connectivity index (χ0v) is 12.5. The third kappa shape index (κ3) is 6.37. The summed E-state index contributed by atoms with van der Waals surface area (Å²) in [4.78, 5) is 0. The van der Waals surface area contributed by atoms with Gasteiger partial charge < -0.3 is 10.1 Å². The summed E-state index contributed by atoms with van der Waals surface area (Å²) >= 11 is 2.00. The minimum Gasteiger partial charge on any atom is -0.497 e. The molecule has 1 atom stereocenters. The van der Waals surface area contributed by atoms with Crippen LogP contribution in [0, 0.1) is 0 Å². The molecule has 0 amide bonds. The number of allylic oxidation sites excluding steroid dienone is 1. The fraction of sp³-hybridized carbons (Fsp3) is 0.857. The molecule has 0 bridgehead atoms. The van der Waals surface area contributed by atoms with Crippen molar-refractivity contribution in [3.8, 4) is 0 Å². The number of hydrogen-bond acceptors (Lipinski definition) is 3. The van der Waals surface area contributed by atoms with Crippen LogP contribution >= 0.6 is 11.8 Å². The second kappa shape index (κ2) is 7.32. The van der Waals surface area contributed by atoms with Crippen molar-refractivity contribution >= 4 is 11.8 Å². The zero-order chi connectivity index (χ0) is 12.7. The van der Waals surface area contributed by atoms with Gasteiger partial charge in [-0.15, -0.1) is 0 Å². The van der Waals surface area contributed by atoms with Crippen LogP contribution in [0.2, 0.25) is 0 Å². The third-order valence-corrected chi connectivity index (χ3v) is 4.00. The van der Waals surface area contributed by atoms with E-state index < -0.39 is 0 Å². The quantitative estimate of drug-likeness (QED) is 0.786. The molecule has 0 aliphatic carbocycles. The second-order valence-corrected chi connectivity index (χ2v) is 7.37. The summed E-state index contributed by atoms with van der Waals surface area (Å²) in [5.41, 5.74) is 0. The van der Waals surface area contributed by atoms with Crippen LogP contribution in [0.5, 0.6) is 0 Å². The average molecular weight is 257 g/mol. The van der Waals surface area contributed by atoms with E-state index in [2.05, 4.69) is 39.1 Å². The van der Waals surface area contributed by atoms with Gasteiger partial charge in [0.2, 0.25) is 0 Å². The molecule has 0 spiro atoms. The summed E-state index contributed by atoms with van der Waals surface area (Å²) in [6.07, 6.45) is 5.76. The maximum absolute atomic E-state index is 5.79. The average Bonchev–Trinajstić information content (AvgIpc) is 2.29. The van der Waals surface area contributed by atoms with Crippen LogP contribution in [0.15, 0.2) is 11.8 Å². The highest BCUT2D eigenvalue weighted by molar-refractivity contribution is 8.00. The molecular formula is C14H27NOS. The Balaban J connectivity index is 2.50. The first kappa shape index (κ1) is 14.9. The molecule has 0 aromatic carbocycles. The molecule has 100 valence electrons. The highest BCUT2D eigenvalue weighted by Gasteiger charge is 2.20. The first-order valence-corrected chi connectivity index (χ1v) is 7.71. The van der Waals surface area contributed by atoms with Gasteiger partial charge in [-0.2, -0.15) is 11.8 Å². The van der Waals surface area contributed by atoms with Gasteiger partial charge in [0.1, 0.15) is 5.76 Å². The van der Waals surface area contributed by atoms with E-state index >= 15 is 0 Å². The highest BCUT2D eigenvalue weighted by atomic mass is 32.2. The molecule has 1 N–H and O–H groups in total. The van der Waals surface area contributed by atoms with E-state index in [0.29, 0.717) is 10.8 Å². The summed E-state index contributed by atoms with van der Waals surface area (Å²) < 4.78 is 6.11. The molecule has 0 radical (unpaired) electrons. The predicted molar refractivity (Wildman–Crippen MR) is 77.6 cm³/mol. The smallest absolute Gasteiger partial charge is 0.110 e. The molecule has 2 nitrogen and oxygen atoms in total. The van der Waals surface area contributed by atoms with Gasteiger partial charge in [0, 0.05) is 10.5 Å². The van der Waals surface area contributed by atoms with Gasteiger partial charge in [0.15, 0.2) is 0 Å². The Bertz CT molecular complexity index is 245. The van der Waals surface area contributed by atoms with Crippen LogP contribution in [-0.2, 0) is 4.74 Å². The summed E-state index contributed by atoms with van der Waals surface area (Å²) in [7, 11) is 0. The van der Waals surface area contributed by atoms with E-state index in [1.807, 2.05) is 11.8 Å². The molecule has 0 fully saturated rings. The first-order chi connectivity index (χ1) is 8.03. The number of thioether (sulfide) groups is 1. The minimum atomic E-state index is 0.321. The van der Waals surface area contributed by atoms with E-state index in [1.165, 1.54) is 18.6 Å². The number of hydrogen-bond donors (Lipinski definition) is 1. The normalized spacial score (nSPS) is 18.5. The van der Waals surface area contributed by atoms with Crippen molar-refractivity contribution in [3.05, 3.63) is 11.8 Å². The molecule has 1 rings (SSSR count). The Morgan fingerprint density at radius 2 is 2.24 bits per heavy atom. The molecule has 17 heavy (non-hydrogen) atoms. The fourth-order valence-corrected chi connectivity index (χ4v) is 2.66. The standard InChI is InChI=1S/C14H27NOS/c1-5-9-15-12(11-17-14(2,3)4)13-8-6-7-10-16-13/h8,12,15H,5-7,9-11H2,1-4H3. The Morgan fingerprint density at radius 3 is 2.76 bits per heavy atom. The van der Waals surface area contributed by atoms with Crippen molar-refractivity contribution in [3.63, 3.8) is 0 Å². The third-order valence-electron chi connectivity index (χ3n) is 2.63. The van der Waals surface area contributed by atoms with Crippen molar-refractivity contribution in [1.29, 1.82) is 0 Å². The number of nitrogens with one attached hydrogen (secondary N) is 1. The summed E-state index contributed by atoms with van der Waals surface area (Å²) in [5.74, 6) is 2.26. The van der Waals surface area contributed by atoms with Gasteiger partial charge in [0.05, 0.1) is 12.6 Å². The van der Waals surface area contributed by atoms with Gasteiger partial charge in [0.25, 0.3) is 0 Å². The molecule has 0 saturated carbocycles. The van der Waals surface area contributed by atoms with E-state index in [1.54, 1.807) is 0 Å². The lowest BCUT2D eigenvalue weighted by Gasteiger charge is -2.27. The monoisotopic (exact) mass is 257 g/mol. The SMILES string of the molecule is CCCNC(CSC(C)(C)C)C1=CCCCO1. The summed E-state index contributed by atoms with van der Waals surface area (Å²) in [6, 6.07) is 0.388. The molecular weight excluding hydrogens is 230 g/mol. The van der Waals surface area contributed by atoms with Crippen LogP contribution in [-0.4, -0.2) is 29.7 Å². The van der Waals surface area contributed by atoms with Gasteiger partial charge in [-0.3, -0.25) is 0 Å². The molecule has 1 aliphatic heterocycles. The maximum Gasteiger partial charge on any atom is 0.110 e. The van der Waals surface area contributed by atoms with Crippen molar-refractivity contribution in [1.82, 2.24) is 5.32 Å². The summed E-state index contributed by atoms with van der Waals surface area (Å²) in [6.45, 7) is 11.0. The molecule has 1 heterocycles. The first-order valence-electron chi connectivity index (χ1n) is 6.73. The largest absolute Gasteiger partial charge is 0.497 e. The van der Waals surface area contributed by atoms with Gasteiger partial charge in [-0.25, -0.2) is 0 Å². The Labute approximate surface area is 111 Å². The number of rotatable bonds is 6. The van der Waals surface area contributed by atoms with Crippen LogP contribution in [0.1, 0.15) is 47.0 Å². The molecule has 0 saturated heterocycles. The lowest BCUT2D eigenvalue weighted by molar-refractivity contribution is 0.171. The van der Waals surface area contributed by atoms with Crippen LogP contribution < -0.4 is 5.32 Å². The molecule has 1 unspecified atom stereocenters. The Kier molecular flexibility index (Phi) is 6.42. The fourth-order valence-electron chi connectivity index (χ4n) is 1.71. The number of ether oxygens (including phenoxy) is 1. The van der Waals surface area contributed by atoms with Crippen molar-refractivity contribution in [2.75, 3.05) is 18.9 Å². The van der Waals surface area contributed by atoms with Crippen LogP contribution in [0.25, 0.3) is 0 Å². The van der Waals surface area contributed by atoms with Gasteiger partial charge in [-0.05, 0) is 31.9 Å². The maximum atomic E-state index is 5.79. The van der Waals surface area contributed by atoms with E-state index in [4.69, 9.17) is 4.74 Å². The van der Waals surface area contributed by atoms with E-state index in [9.17, 15) is 0 Å². The van der Waals surface area contributed by atoms with Gasteiger partial charge >= 0.3 is 0 Å². The van der Waals surface area contributed by atoms with Gasteiger partial charge in [-0.1, -0.05) is 27.7 Å². The molecule has 1 aliphatic rings. The Morgan fingerprint density at radius 1 is 1.47 bits per heavy atom. The topological polar surface area (TPSA) is 21.3 Å². The second-order valence-electron chi connectivity index (χ2n) is 5.53. The highest BCUT2D eigenvalue weighted by Crippen LogP contribution is 2.26. The van der Waals surface area contributed by atoms with Crippen molar-refractivity contribution < 1.29 is 4.74 Å². The lowest BCUT2D eigenvalue weighted by Crippen LogP contribution is -2.36. The minimum absolute atomic E-state index is 0.321. The zero-order valence-electron chi connectivity index (χ0n) is 11.7. The molecule has 3 heteroatoms. The van der Waals surface area contributed by atoms with E-state index in [-0.39, 0.29) is 0 Å². The summed E-state index contributed by atoms with van der Waals surface area (Å²) in [5, 5.41) is 3.60. The lowest BCUT2D eigenvalue weighted by atomic mass is 10.1. The van der Waals surface area contributed by atoms with E-state index in [0.717, 1.165) is 25.3 Å². The van der Waals surface area contributed by atoms with Crippen molar-refractivity contribution in [2.24, 2.45) is 0 Å². The predicted octanol–water partition coefficient (Wildman–Crippen LogP) is 3.58. The van der Waals surface area contributed by atoms with Crippen molar-refractivity contribution in [2.45, 2.75) is 57.7 Å².